The van der Waals surface area contributed by atoms with E-state index >= 15 is 0 Å². The van der Waals surface area contributed by atoms with Crippen molar-refractivity contribution in [2.24, 2.45) is 0 Å². The summed E-state index contributed by atoms with van der Waals surface area (Å²) in [6, 6.07) is 16.5. The van der Waals surface area contributed by atoms with Crippen LogP contribution < -0.4 is 5.56 Å². The van der Waals surface area contributed by atoms with Crippen molar-refractivity contribution in [2.75, 3.05) is 7.11 Å². The third-order valence-electron chi connectivity index (χ3n) is 5.21. The van der Waals surface area contributed by atoms with Crippen molar-refractivity contribution in [2.45, 2.75) is 13.2 Å². The van der Waals surface area contributed by atoms with Gasteiger partial charge in [-0.15, -0.1) is 5.10 Å². The average molecular weight is 475 g/mol. The van der Waals surface area contributed by atoms with Gasteiger partial charge in [-0.1, -0.05) is 41.9 Å². The molecule has 0 unspecified atom stereocenters. The Morgan fingerprint density at radius 3 is 2.74 bits per heavy atom. The van der Waals surface area contributed by atoms with Gasteiger partial charge < -0.3 is 9.72 Å². The largest absolute Gasteiger partial charge is 0.377 e. The Hall–Kier alpha value is -4.15. The van der Waals surface area contributed by atoms with Crippen LogP contribution in [0.2, 0.25) is 5.02 Å². The average Bonchev–Trinajstić information content (AvgIpc) is 3.54. The van der Waals surface area contributed by atoms with Crippen LogP contribution in [0, 0.1) is 0 Å². The lowest BCUT2D eigenvalue weighted by Gasteiger charge is -2.14. The molecule has 11 heteroatoms. The smallest absolute Gasteiger partial charge is 0.254 e. The highest BCUT2D eigenvalue weighted by Gasteiger charge is 2.16. The molecular formula is C23H19ClN8O2. The Balaban J connectivity index is 1.54. The second-order valence-electron chi connectivity index (χ2n) is 7.44. The predicted molar refractivity (Wildman–Crippen MR) is 125 cm³/mol. The van der Waals surface area contributed by atoms with E-state index in [1.54, 1.807) is 31.5 Å². The summed E-state index contributed by atoms with van der Waals surface area (Å²) in [5.41, 5.74) is 3.32. The highest BCUT2D eigenvalue weighted by atomic mass is 35.5. The summed E-state index contributed by atoms with van der Waals surface area (Å²) in [6.45, 7) is 0.350. The van der Waals surface area contributed by atoms with Gasteiger partial charge in [-0.3, -0.25) is 9.36 Å². The molecule has 5 rings (SSSR count). The lowest BCUT2D eigenvalue weighted by molar-refractivity contribution is 0.173. The number of aromatic amines is 1. The second kappa shape index (κ2) is 9.38. The Bertz CT molecular complexity index is 1480. The summed E-state index contributed by atoms with van der Waals surface area (Å²) in [7, 11) is 1.55. The zero-order valence-electron chi connectivity index (χ0n) is 18.1. The number of hydrogen-bond acceptors (Lipinski definition) is 7. The molecule has 170 valence electrons. The van der Waals surface area contributed by atoms with Crippen LogP contribution in [0.5, 0.6) is 0 Å². The standard InChI is InChI=1S/C23H19ClN8O2/c1-34-13-22-28-18(17-9-16(24)7-8-20(17)32-14-26-29-30-32)10-23(33)31(22)12-21-25-11-19(27-21)15-5-3-2-4-6-15/h2-11,14H,12-13H2,1H3,(H,25,27). The molecule has 0 aliphatic carbocycles. The van der Waals surface area contributed by atoms with Crippen molar-refractivity contribution in [1.82, 2.24) is 39.7 Å². The van der Waals surface area contributed by atoms with Gasteiger partial charge in [0.1, 0.15) is 24.6 Å². The number of benzene rings is 2. The molecule has 0 aliphatic rings. The van der Waals surface area contributed by atoms with Crippen LogP contribution in [0.1, 0.15) is 11.6 Å². The van der Waals surface area contributed by atoms with Gasteiger partial charge in [0.15, 0.2) is 0 Å². The van der Waals surface area contributed by atoms with Crippen molar-refractivity contribution in [3.63, 3.8) is 0 Å². The minimum absolute atomic E-state index is 0.135. The Kier molecular flexibility index (Phi) is 5.98. The van der Waals surface area contributed by atoms with E-state index in [0.717, 1.165) is 11.3 Å². The molecule has 34 heavy (non-hydrogen) atoms. The molecule has 5 aromatic rings. The maximum absolute atomic E-state index is 13.2. The SMILES string of the molecule is COCc1nc(-c2cc(Cl)ccc2-n2cnnn2)cc(=O)n1Cc1ncc(-c2ccccc2)[nH]1. The molecule has 0 saturated carbocycles. The van der Waals surface area contributed by atoms with E-state index in [0.29, 0.717) is 33.6 Å². The summed E-state index contributed by atoms with van der Waals surface area (Å²) in [5.74, 6) is 1.08. The fraction of sp³-hybridized carbons (Fsp3) is 0.130. The van der Waals surface area contributed by atoms with Gasteiger partial charge in [0.2, 0.25) is 0 Å². The molecule has 3 heterocycles. The topological polar surface area (TPSA) is 116 Å². The van der Waals surface area contributed by atoms with Crippen molar-refractivity contribution < 1.29 is 4.74 Å². The van der Waals surface area contributed by atoms with Crippen molar-refractivity contribution in [3.05, 3.63) is 94.1 Å². The Morgan fingerprint density at radius 2 is 1.97 bits per heavy atom. The van der Waals surface area contributed by atoms with Gasteiger partial charge in [0, 0.05) is 23.8 Å². The van der Waals surface area contributed by atoms with E-state index in [4.69, 9.17) is 21.3 Å². The maximum atomic E-state index is 13.2. The van der Waals surface area contributed by atoms with E-state index < -0.39 is 0 Å². The number of nitrogens with one attached hydrogen (secondary N) is 1. The summed E-state index contributed by atoms with van der Waals surface area (Å²) in [5, 5.41) is 11.8. The summed E-state index contributed by atoms with van der Waals surface area (Å²) >= 11 is 6.25. The fourth-order valence-electron chi connectivity index (χ4n) is 3.64. The second-order valence-corrected chi connectivity index (χ2v) is 7.88. The van der Waals surface area contributed by atoms with E-state index in [2.05, 4.69) is 25.5 Å². The number of nitrogens with zero attached hydrogens (tertiary/aromatic N) is 7. The van der Waals surface area contributed by atoms with Gasteiger partial charge in [0.25, 0.3) is 5.56 Å². The van der Waals surface area contributed by atoms with Crippen LogP contribution in [0.4, 0.5) is 0 Å². The molecule has 10 nitrogen and oxygen atoms in total. The first kappa shape index (κ1) is 21.7. The van der Waals surface area contributed by atoms with Crippen LogP contribution in [0.25, 0.3) is 28.2 Å². The first-order chi connectivity index (χ1) is 16.6. The van der Waals surface area contributed by atoms with Crippen LogP contribution in [0.15, 0.2) is 71.9 Å². The normalized spacial score (nSPS) is 11.1. The van der Waals surface area contributed by atoms with Crippen LogP contribution >= 0.6 is 11.6 Å². The van der Waals surface area contributed by atoms with Gasteiger partial charge >= 0.3 is 0 Å². The molecular weight excluding hydrogens is 456 g/mol. The van der Waals surface area contributed by atoms with Crippen LogP contribution in [0.3, 0.4) is 0 Å². The number of halogens is 1. The highest BCUT2D eigenvalue weighted by Crippen LogP contribution is 2.27. The Labute approximate surface area is 198 Å². The number of aromatic nitrogens is 8. The molecule has 3 aromatic heterocycles. The summed E-state index contributed by atoms with van der Waals surface area (Å²) < 4.78 is 8.35. The summed E-state index contributed by atoms with van der Waals surface area (Å²) in [4.78, 5) is 25.7. The monoisotopic (exact) mass is 474 g/mol. The minimum atomic E-state index is -0.252. The first-order valence-electron chi connectivity index (χ1n) is 10.3. The lowest BCUT2D eigenvalue weighted by atomic mass is 10.1. The quantitative estimate of drug-likeness (QED) is 0.385. The molecule has 1 N–H and O–H groups in total. The number of ether oxygens (including phenoxy) is 1. The zero-order valence-corrected chi connectivity index (χ0v) is 18.8. The number of rotatable bonds is 7. The Morgan fingerprint density at radius 1 is 1.12 bits per heavy atom. The minimum Gasteiger partial charge on any atom is -0.377 e. The number of imidazole rings is 1. The molecule has 0 aliphatic heterocycles. The number of hydrogen-bond donors (Lipinski definition) is 1. The molecule has 0 fully saturated rings. The zero-order chi connectivity index (χ0) is 23.5. The van der Waals surface area contributed by atoms with Gasteiger partial charge in [-0.05, 0) is 34.2 Å². The molecule has 0 spiro atoms. The predicted octanol–water partition coefficient (Wildman–Crippen LogP) is 3.12. The number of H-pyrrole nitrogens is 1. The molecule has 0 amide bonds. The summed E-state index contributed by atoms with van der Waals surface area (Å²) in [6.07, 6.45) is 3.21. The maximum Gasteiger partial charge on any atom is 0.254 e. The van der Waals surface area contributed by atoms with E-state index in [-0.39, 0.29) is 18.7 Å². The molecule has 0 saturated heterocycles. The third-order valence-corrected chi connectivity index (χ3v) is 5.45. The van der Waals surface area contributed by atoms with Crippen molar-refractivity contribution in [1.29, 1.82) is 0 Å². The van der Waals surface area contributed by atoms with Gasteiger partial charge in [0.05, 0.1) is 29.8 Å². The number of methoxy groups -OCH3 is 1. The molecule has 0 atom stereocenters. The molecule has 0 bridgehead atoms. The van der Waals surface area contributed by atoms with Crippen LogP contribution in [-0.4, -0.2) is 46.8 Å². The fourth-order valence-corrected chi connectivity index (χ4v) is 3.81. The van der Waals surface area contributed by atoms with Crippen molar-refractivity contribution >= 4 is 11.6 Å². The molecule has 2 aromatic carbocycles. The third kappa shape index (κ3) is 4.36. The number of tetrazole rings is 1. The van der Waals surface area contributed by atoms with Crippen LogP contribution in [-0.2, 0) is 17.9 Å². The van der Waals surface area contributed by atoms with E-state index in [9.17, 15) is 4.79 Å². The van der Waals surface area contributed by atoms with E-state index in [1.807, 2.05) is 30.3 Å². The first-order valence-corrected chi connectivity index (χ1v) is 10.7. The lowest BCUT2D eigenvalue weighted by Crippen LogP contribution is -2.26. The van der Waals surface area contributed by atoms with Crippen molar-refractivity contribution in [3.8, 4) is 28.2 Å². The molecule has 0 radical (unpaired) electrons. The van der Waals surface area contributed by atoms with Gasteiger partial charge in [-0.2, -0.15) is 4.68 Å². The van der Waals surface area contributed by atoms with Gasteiger partial charge in [-0.25, -0.2) is 9.97 Å². The highest BCUT2D eigenvalue weighted by molar-refractivity contribution is 6.31. The van der Waals surface area contributed by atoms with E-state index in [1.165, 1.54) is 21.6 Å².